The maximum absolute atomic E-state index is 12.7. The van der Waals surface area contributed by atoms with Gasteiger partial charge in [-0.3, -0.25) is 9.89 Å². The summed E-state index contributed by atoms with van der Waals surface area (Å²) in [6.45, 7) is 0.882. The van der Waals surface area contributed by atoms with E-state index >= 15 is 0 Å². The van der Waals surface area contributed by atoms with Gasteiger partial charge < -0.3 is 4.90 Å². The summed E-state index contributed by atoms with van der Waals surface area (Å²) in [4.78, 5) is 19.2. The molecule has 4 rings (SSSR count). The van der Waals surface area contributed by atoms with Crippen LogP contribution in [0.2, 0.25) is 0 Å². The first-order valence-electron chi connectivity index (χ1n) is 8.06. The molecule has 20 heavy (non-hydrogen) atoms. The monoisotopic (exact) mass is 274 g/mol. The second kappa shape index (κ2) is 4.86. The number of H-pyrrole nitrogens is 1. The summed E-state index contributed by atoms with van der Waals surface area (Å²) in [6, 6.07) is 0.438. The van der Waals surface area contributed by atoms with E-state index in [4.69, 9.17) is 0 Å². The van der Waals surface area contributed by atoms with E-state index in [1.54, 1.807) is 0 Å². The molecule has 1 aromatic rings. The molecule has 108 valence electrons. The lowest BCUT2D eigenvalue weighted by molar-refractivity contribution is 0.0380. The first-order chi connectivity index (χ1) is 9.83. The van der Waals surface area contributed by atoms with Crippen molar-refractivity contribution in [2.24, 2.45) is 5.92 Å². The molecular weight excluding hydrogens is 252 g/mol. The van der Waals surface area contributed by atoms with E-state index in [0.717, 1.165) is 25.2 Å². The van der Waals surface area contributed by atoms with Crippen molar-refractivity contribution in [1.29, 1.82) is 0 Å². The molecular formula is C15H22N4O. The first-order valence-corrected chi connectivity index (χ1v) is 8.06. The standard InChI is InChI=1S/C15H22N4O/c20-15(14-16-13(17-18-14)11-7-8-11)19-9-3-5-10-4-1-2-6-12(10)19/h10-12H,1-9H2,(H,16,17,18). The maximum atomic E-state index is 12.7. The molecule has 2 unspecified atom stereocenters. The zero-order chi connectivity index (χ0) is 13.5. The second-order valence-corrected chi connectivity index (χ2v) is 6.57. The molecule has 5 nitrogen and oxygen atoms in total. The lowest BCUT2D eigenvalue weighted by Crippen LogP contribution is -2.49. The number of rotatable bonds is 2. The van der Waals surface area contributed by atoms with Gasteiger partial charge in [0.2, 0.25) is 5.82 Å². The van der Waals surface area contributed by atoms with Gasteiger partial charge in [-0.15, -0.1) is 5.10 Å². The minimum absolute atomic E-state index is 0.0461. The largest absolute Gasteiger partial charge is 0.333 e. The van der Waals surface area contributed by atoms with Crippen LogP contribution in [0.4, 0.5) is 0 Å². The summed E-state index contributed by atoms with van der Waals surface area (Å²) in [6.07, 6.45) is 9.81. The highest BCUT2D eigenvalue weighted by atomic mass is 16.2. The third-order valence-corrected chi connectivity index (χ3v) is 5.16. The van der Waals surface area contributed by atoms with Crippen LogP contribution < -0.4 is 0 Å². The number of aromatic nitrogens is 3. The molecule has 2 saturated carbocycles. The van der Waals surface area contributed by atoms with E-state index in [-0.39, 0.29) is 5.91 Å². The Morgan fingerprint density at radius 2 is 1.90 bits per heavy atom. The third kappa shape index (κ3) is 2.13. The fourth-order valence-electron chi connectivity index (χ4n) is 3.91. The second-order valence-electron chi connectivity index (χ2n) is 6.57. The van der Waals surface area contributed by atoms with Crippen molar-refractivity contribution < 1.29 is 4.79 Å². The molecule has 0 bridgehead atoms. The molecule has 5 heteroatoms. The van der Waals surface area contributed by atoms with Crippen molar-refractivity contribution in [1.82, 2.24) is 20.1 Å². The molecule has 2 atom stereocenters. The van der Waals surface area contributed by atoms with E-state index in [9.17, 15) is 4.79 Å². The van der Waals surface area contributed by atoms with Gasteiger partial charge in [0.05, 0.1) is 0 Å². The van der Waals surface area contributed by atoms with Crippen LogP contribution in [-0.2, 0) is 0 Å². The molecule has 0 spiro atoms. The highest BCUT2D eigenvalue weighted by molar-refractivity contribution is 5.90. The van der Waals surface area contributed by atoms with E-state index in [1.165, 1.54) is 38.5 Å². The third-order valence-electron chi connectivity index (χ3n) is 5.16. The van der Waals surface area contributed by atoms with Crippen molar-refractivity contribution in [2.75, 3.05) is 6.54 Å². The Balaban J connectivity index is 1.53. The summed E-state index contributed by atoms with van der Waals surface area (Å²) < 4.78 is 0. The molecule has 0 radical (unpaired) electrons. The highest BCUT2D eigenvalue weighted by Gasteiger charge is 2.37. The fourth-order valence-corrected chi connectivity index (χ4v) is 3.91. The van der Waals surface area contributed by atoms with E-state index in [0.29, 0.717) is 23.7 Å². The van der Waals surface area contributed by atoms with Gasteiger partial charge in [0, 0.05) is 18.5 Å². The Hall–Kier alpha value is -1.39. The Bertz CT molecular complexity index is 506. The number of carbonyl (C=O) groups is 1. The number of nitrogens with one attached hydrogen (secondary N) is 1. The van der Waals surface area contributed by atoms with E-state index < -0.39 is 0 Å². The minimum atomic E-state index is 0.0461. The van der Waals surface area contributed by atoms with Crippen LogP contribution in [0.5, 0.6) is 0 Å². The van der Waals surface area contributed by atoms with Crippen molar-refractivity contribution in [3.8, 4) is 0 Å². The van der Waals surface area contributed by atoms with Gasteiger partial charge in [-0.25, -0.2) is 4.98 Å². The van der Waals surface area contributed by atoms with Crippen molar-refractivity contribution in [3.05, 3.63) is 11.6 Å². The fraction of sp³-hybridized carbons (Fsp3) is 0.800. The SMILES string of the molecule is O=C(c1n[nH]c(C2CC2)n1)N1CCCC2CCCCC21. The summed E-state index contributed by atoms with van der Waals surface area (Å²) in [7, 11) is 0. The molecule has 0 aromatic carbocycles. The van der Waals surface area contributed by atoms with Crippen molar-refractivity contribution >= 4 is 5.91 Å². The quantitative estimate of drug-likeness (QED) is 0.901. The Morgan fingerprint density at radius 3 is 2.75 bits per heavy atom. The Morgan fingerprint density at radius 1 is 1.10 bits per heavy atom. The van der Waals surface area contributed by atoms with Crippen LogP contribution >= 0.6 is 0 Å². The average Bonchev–Trinajstić information content (AvgIpc) is 3.23. The van der Waals surface area contributed by atoms with Gasteiger partial charge in [0.1, 0.15) is 5.82 Å². The lowest BCUT2D eigenvalue weighted by atomic mass is 9.78. The lowest BCUT2D eigenvalue weighted by Gasteiger charge is -2.43. The number of piperidine rings is 1. The topological polar surface area (TPSA) is 61.9 Å². The molecule has 1 saturated heterocycles. The molecule has 2 aliphatic carbocycles. The number of aromatic amines is 1. The van der Waals surface area contributed by atoms with Crippen LogP contribution in [-0.4, -0.2) is 38.6 Å². The van der Waals surface area contributed by atoms with Gasteiger partial charge in [-0.05, 0) is 44.4 Å². The Labute approximate surface area is 119 Å². The number of amides is 1. The van der Waals surface area contributed by atoms with E-state index in [1.807, 2.05) is 0 Å². The number of fused-ring (bicyclic) bond motifs is 1. The number of likely N-dealkylation sites (tertiary alicyclic amines) is 1. The summed E-state index contributed by atoms with van der Waals surface area (Å²) in [5.41, 5.74) is 0. The first kappa shape index (κ1) is 12.4. The van der Waals surface area contributed by atoms with Gasteiger partial charge in [0.25, 0.3) is 5.91 Å². The van der Waals surface area contributed by atoms with Crippen LogP contribution in [0, 0.1) is 5.92 Å². The van der Waals surface area contributed by atoms with Gasteiger partial charge in [0.15, 0.2) is 0 Å². The number of carbonyl (C=O) groups excluding carboxylic acids is 1. The van der Waals surface area contributed by atoms with Crippen LogP contribution in [0.3, 0.4) is 0 Å². The highest BCUT2D eigenvalue weighted by Crippen LogP contribution is 2.38. The zero-order valence-corrected chi connectivity index (χ0v) is 11.8. The van der Waals surface area contributed by atoms with Gasteiger partial charge in [-0.1, -0.05) is 12.8 Å². The molecule has 3 fully saturated rings. The van der Waals surface area contributed by atoms with Gasteiger partial charge in [-0.2, -0.15) is 0 Å². The average molecular weight is 274 g/mol. The predicted molar refractivity (Wildman–Crippen MR) is 74.4 cm³/mol. The van der Waals surface area contributed by atoms with Crippen LogP contribution in [0.15, 0.2) is 0 Å². The minimum Gasteiger partial charge on any atom is -0.333 e. The summed E-state index contributed by atoms with van der Waals surface area (Å²) in [5.74, 6) is 2.57. The maximum Gasteiger partial charge on any atom is 0.293 e. The van der Waals surface area contributed by atoms with Crippen LogP contribution in [0.25, 0.3) is 0 Å². The molecule has 1 amide bonds. The van der Waals surface area contributed by atoms with Crippen LogP contribution in [0.1, 0.15) is 73.7 Å². The summed E-state index contributed by atoms with van der Waals surface area (Å²) >= 11 is 0. The number of hydrogen-bond donors (Lipinski definition) is 1. The molecule has 1 aliphatic heterocycles. The smallest absolute Gasteiger partial charge is 0.293 e. The zero-order valence-electron chi connectivity index (χ0n) is 11.8. The molecule has 3 aliphatic rings. The molecule has 1 N–H and O–H groups in total. The van der Waals surface area contributed by atoms with Crippen molar-refractivity contribution in [3.63, 3.8) is 0 Å². The van der Waals surface area contributed by atoms with Crippen molar-refractivity contribution in [2.45, 2.75) is 63.3 Å². The molecule has 1 aromatic heterocycles. The predicted octanol–water partition coefficient (Wildman–Crippen LogP) is 2.48. The summed E-state index contributed by atoms with van der Waals surface area (Å²) in [5, 5.41) is 7.11. The number of nitrogens with zero attached hydrogens (tertiary/aromatic N) is 3. The van der Waals surface area contributed by atoms with Gasteiger partial charge >= 0.3 is 0 Å². The Kier molecular flexibility index (Phi) is 3.00. The molecule has 2 heterocycles. The normalized spacial score (nSPS) is 30.1. The number of hydrogen-bond acceptors (Lipinski definition) is 3. The van der Waals surface area contributed by atoms with E-state index in [2.05, 4.69) is 20.1 Å².